The molecule has 10 rings (SSSR count). The largest absolute Gasteiger partial charge is 0.480 e. The van der Waals surface area contributed by atoms with Crippen molar-refractivity contribution < 1.29 is 146 Å². The summed E-state index contributed by atoms with van der Waals surface area (Å²) >= 11 is 9.60. The molecule has 0 saturated carbocycles. The summed E-state index contributed by atoms with van der Waals surface area (Å²) in [5.41, 5.74) is 2.35. The number of ether oxygens (including phenoxy) is 4. The topological polar surface area (TPSA) is 584 Å². The van der Waals surface area contributed by atoms with Crippen molar-refractivity contribution >= 4 is 184 Å². The van der Waals surface area contributed by atoms with Crippen LogP contribution in [0.5, 0.6) is 0 Å². The molecule has 8 aliphatic rings. The highest BCUT2D eigenvalue weighted by Gasteiger charge is 2.46. The number of rotatable bonds is 27. The van der Waals surface area contributed by atoms with Gasteiger partial charge in [0.15, 0.2) is 6.04 Å². The van der Waals surface area contributed by atoms with Gasteiger partial charge >= 0.3 is 84.3 Å². The van der Waals surface area contributed by atoms with Gasteiger partial charge in [-0.15, -0.1) is 0 Å². The van der Waals surface area contributed by atoms with Crippen molar-refractivity contribution in [3.8, 4) is 11.1 Å². The highest BCUT2D eigenvalue weighted by atomic mass is 32.2. The zero-order valence-corrected chi connectivity index (χ0v) is 92.9. The quantitative estimate of drug-likeness (QED) is 0.0386. The third-order valence-corrected chi connectivity index (χ3v) is 27.3. The lowest BCUT2D eigenvalue weighted by atomic mass is 9.98. The minimum atomic E-state index is -1.21. The number of carbonyl (C=O) groups is 19. The summed E-state index contributed by atoms with van der Waals surface area (Å²) in [4.78, 5) is 243. The molecule has 0 spiro atoms. The van der Waals surface area contributed by atoms with Gasteiger partial charge in [-0.25, -0.2) is 62.3 Å². The van der Waals surface area contributed by atoms with Crippen molar-refractivity contribution in [3.05, 3.63) is 59.7 Å². The third kappa shape index (κ3) is 43.2. The maximum atomic E-state index is 12.9. The van der Waals surface area contributed by atoms with E-state index in [1.165, 1.54) is 67.7 Å². The fraction of sp³-hybridized carbons (Fsp3) is 0.674. The highest BCUT2D eigenvalue weighted by Crippen LogP contribution is 2.45. The van der Waals surface area contributed by atoms with Crippen LogP contribution < -0.4 is 16.0 Å². The average Bonchev–Trinajstić information content (AvgIpc) is 1.61. The van der Waals surface area contributed by atoms with E-state index in [0.717, 1.165) is 51.0 Å². The summed E-state index contributed by atoms with van der Waals surface area (Å²) in [6, 6.07) is 8.35. The number of urea groups is 3. The highest BCUT2D eigenvalue weighted by molar-refractivity contribution is 7.99. The molecule has 148 heavy (non-hydrogen) atoms. The molecule has 53 heteroatoms. The van der Waals surface area contributed by atoms with E-state index < -0.39 is 131 Å². The Hall–Kier alpha value is -11.0. The number of carbonyl (C=O) groups excluding carboxylic acids is 12. The van der Waals surface area contributed by atoms with Gasteiger partial charge in [0, 0.05) is 198 Å². The first kappa shape index (κ1) is 129. The van der Waals surface area contributed by atoms with Gasteiger partial charge in [0.1, 0.15) is 59.7 Å². The van der Waals surface area contributed by atoms with E-state index in [2.05, 4.69) is 16.0 Å². The number of hydrogen-bond acceptors (Lipinski definition) is 31. The number of fused-ring (bicyclic) bond motifs is 3. The number of carboxylic acid groups (broad SMARTS) is 7. The number of aliphatic carboxylic acids is 7. The first-order valence-electron chi connectivity index (χ1n) is 48.0. The lowest BCUT2D eigenvalue weighted by molar-refractivity contribution is -0.155. The molecule has 47 nitrogen and oxygen atoms in total. The monoisotopic (exact) mass is 2200 g/mol. The van der Waals surface area contributed by atoms with Crippen LogP contribution in [0.15, 0.2) is 48.5 Å². The Balaban J connectivity index is 0.000000365. The zero-order chi connectivity index (χ0) is 111. The van der Waals surface area contributed by atoms with Crippen molar-refractivity contribution in [3.63, 3.8) is 0 Å². The maximum absolute atomic E-state index is 12.9. The van der Waals surface area contributed by atoms with E-state index in [4.69, 9.17) is 39.4 Å². The molecule has 1 aliphatic carbocycles. The van der Waals surface area contributed by atoms with Gasteiger partial charge in [-0.3, -0.25) is 43.5 Å². The molecular weight excluding hydrogens is 2050 g/mol. The van der Waals surface area contributed by atoms with Crippen LogP contribution >= 0.6 is 70.6 Å². The predicted molar refractivity (Wildman–Crippen MR) is 564 cm³/mol. The molecule has 7 atom stereocenters. The number of amides is 15. The number of nitrogens with one attached hydrogen (secondary N) is 3. The average molecular weight is 2200 g/mol. The number of benzene rings is 2. The number of piperazine rings is 7. The van der Waals surface area contributed by atoms with Crippen LogP contribution in [0.25, 0.3) is 11.1 Å². The van der Waals surface area contributed by atoms with E-state index in [0.29, 0.717) is 104 Å². The maximum Gasteiger partial charge on any atom is 0.411 e. The van der Waals surface area contributed by atoms with Gasteiger partial charge < -0.3 is 125 Å². The fourth-order valence-electron chi connectivity index (χ4n) is 15.9. The number of thioether (sulfide) groups is 6. The molecule has 0 aromatic heterocycles. The van der Waals surface area contributed by atoms with Crippen LogP contribution in [0.4, 0.5) is 33.6 Å². The van der Waals surface area contributed by atoms with E-state index in [9.17, 15) is 106 Å². The molecule has 7 fully saturated rings. The lowest BCUT2D eigenvalue weighted by Gasteiger charge is -2.39. The summed E-state index contributed by atoms with van der Waals surface area (Å²) in [6.07, 6.45) is 10.4. The Labute approximate surface area is 890 Å². The Morgan fingerprint density at radius 1 is 0.311 bits per heavy atom. The molecule has 0 bridgehead atoms. The SMILES string of the molecule is CC(C)(C)OC(=O)N1CCN(C(=O)OCC2c3ccccc3-c3ccccc32)C(C(=O)O)C1.CSCCC(=O)N1CCN(C(=O)OC(C)(C)C)C(C(=O)O)C1.CSCCC(=O)N1CCN(C(C)=O)C(C(=O)O)C1.CSCCC(=O)N1CCN(C)C(C(=O)O)C1.CSCCNC(=O)N1CCN(C(=O)OC(C)(C)C)CC1C(=O)O.CSCCNC(=O)N1CCN(C(C)=O)CC1C(=O)O.CSCCNC(=O)N1CCN(C)CC1C(=O)O. The summed E-state index contributed by atoms with van der Waals surface area (Å²) < 4.78 is 21.5. The molecular formula is C95H151N17O30S6. The van der Waals surface area contributed by atoms with Gasteiger partial charge in [0.25, 0.3) is 0 Å². The second-order valence-electron chi connectivity index (χ2n) is 37.9. The molecule has 7 saturated heterocycles. The second kappa shape index (κ2) is 63.9. The van der Waals surface area contributed by atoms with Crippen molar-refractivity contribution in [2.24, 2.45) is 0 Å². The molecule has 0 radical (unpaired) electrons. The molecule has 7 aliphatic heterocycles. The Morgan fingerprint density at radius 3 is 0.919 bits per heavy atom. The minimum Gasteiger partial charge on any atom is -0.480 e. The van der Waals surface area contributed by atoms with Gasteiger partial charge in [-0.1, -0.05) is 48.5 Å². The van der Waals surface area contributed by atoms with Crippen molar-refractivity contribution in [2.75, 3.05) is 250 Å². The van der Waals surface area contributed by atoms with Crippen molar-refractivity contribution in [1.82, 2.24) is 84.5 Å². The van der Waals surface area contributed by atoms with Crippen molar-refractivity contribution in [1.29, 1.82) is 0 Å². The molecule has 7 heterocycles. The van der Waals surface area contributed by atoms with Crippen molar-refractivity contribution in [2.45, 2.75) is 160 Å². The Kier molecular flexibility index (Phi) is 55.8. The Bertz CT molecular complexity index is 4740. The van der Waals surface area contributed by atoms with E-state index in [1.807, 2.05) is 98.0 Å². The molecule has 15 amide bonds. The van der Waals surface area contributed by atoms with Gasteiger partial charge in [-0.2, -0.15) is 70.6 Å². The number of hydrogen-bond donors (Lipinski definition) is 10. The summed E-state index contributed by atoms with van der Waals surface area (Å²) in [5, 5.41) is 72.9. The summed E-state index contributed by atoms with van der Waals surface area (Å²) in [5.74, 6) is -3.47. The van der Waals surface area contributed by atoms with Crippen LogP contribution in [0.2, 0.25) is 0 Å². The van der Waals surface area contributed by atoms with E-state index in [-0.39, 0.29) is 133 Å². The van der Waals surface area contributed by atoms with E-state index in [1.54, 1.807) is 150 Å². The van der Waals surface area contributed by atoms with Crippen LogP contribution in [-0.2, 0) is 76.5 Å². The first-order chi connectivity index (χ1) is 69.5. The smallest absolute Gasteiger partial charge is 0.411 e. The van der Waals surface area contributed by atoms with Crippen LogP contribution in [0.3, 0.4) is 0 Å². The number of likely N-dealkylation sites (N-methyl/N-ethyl adjacent to an activating group) is 2. The molecule has 2 aromatic carbocycles. The van der Waals surface area contributed by atoms with Gasteiger partial charge in [0.2, 0.25) is 29.5 Å². The third-order valence-electron chi connectivity index (χ3n) is 23.6. The standard InChI is InChI=1S/C25H28N2O6.C14H25N3O5S.C14H24N2O5S.C11H19N3O4S.C11H18N2O4S.C10H19N3O3S.C10H18N2O3S/c1-25(2,3)33-23(30)26-12-13-27(21(14-26)22(28)29)24(31)32-15-20-18-10-6-4-8-16(18)17-9-5-7-11-19(17)20;1-14(2,3)22-13(21)16-6-7-17(10(9-16)11(18)19)12(20)15-5-8-23-4;1-14(2,3)21-13(20)16-7-6-15(9-10(16)12(18)19)11(17)5-8-22-4;1-8(15)13-4-5-14(9(7-13)10(16)17)11(18)12-3-6-19-2;1-8(14)13-5-4-12(7-9(13)11(16)17)10(15)3-6-18-2;1-12-4-5-13(8(7-12)9(14)15)10(16)11-3-6-17-2;1-11-4-5-12(7-8(11)10(14)15)9(13)3-6-16-2/h4-11,20-21H,12-15H2,1-3H3,(H,28,29);10H,5-9H2,1-4H3,(H,15,20)(H,18,19);10H,5-9H2,1-4H3,(H,18,19);9H,3-7H2,1-2H3,(H,12,18)(H,16,17);9H,3-7H2,1-2H3,(H,16,17);8H,3-7H2,1-2H3,(H,11,16)(H,14,15);8H,3-7H2,1-2H3,(H,14,15). The molecule has 2 aromatic rings. The van der Waals surface area contributed by atoms with Crippen LogP contribution in [-0.4, -0.2) is 527 Å². The molecule has 10 N–H and O–H groups in total. The Morgan fingerprint density at radius 2 is 0.581 bits per heavy atom. The second-order valence-corrected chi connectivity index (χ2v) is 43.8. The van der Waals surface area contributed by atoms with Gasteiger partial charge in [0.05, 0.1) is 32.7 Å². The predicted octanol–water partition coefficient (Wildman–Crippen LogP) is 5.56. The zero-order valence-electron chi connectivity index (χ0n) is 88.0. The molecule has 832 valence electrons. The van der Waals surface area contributed by atoms with Crippen LogP contribution in [0.1, 0.15) is 112 Å². The minimum absolute atomic E-state index is 0.00178. The molecule has 7 unspecified atom stereocenters. The first-order valence-corrected chi connectivity index (χ1v) is 56.4. The number of nitrogens with zero attached hydrogens (tertiary/aromatic N) is 14. The fourth-order valence-corrected chi connectivity index (χ4v) is 17.9. The summed E-state index contributed by atoms with van der Waals surface area (Å²) in [6.45, 7) is 25.4. The van der Waals surface area contributed by atoms with Crippen LogP contribution in [0, 0.1) is 0 Å². The number of carboxylic acids is 7. The normalized spacial score (nSPS) is 19.4. The lowest BCUT2D eigenvalue weighted by Crippen LogP contribution is -2.61. The summed E-state index contributed by atoms with van der Waals surface area (Å²) in [7, 11) is 3.64. The van der Waals surface area contributed by atoms with Gasteiger partial charge in [-0.05, 0) is 136 Å². The van der Waals surface area contributed by atoms with E-state index >= 15 is 0 Å².